The van der Waals surface area contributed by atoms with E-state index in [1.54, 1.807) is 6.92 Å². The molecule has 2 fully saturated rings. The van der Waals surface area contributed by atoms with Crippen molar-refractivity contribution in [3.05, 3.63) is 28.2 Å². The van der Waals surface area contributed by atoms with E-state index >= 15 is 0 Å². The molecule has 1 N–H and O–H groups in total. The smallest absolute Gasteiger partial charge is 0.225 e. The summed E-state index contributed by atoms with van der Waals surface area (Å²) in [5.74, 6) is 1.47. The van der Waals surface area contributed by atoms with E-state index in [0.29, 0.717) is 29.9 Å². The van der Waals surface area contributed by atoms with Crippen LogP contribution < -0.4 is 5.32 Å². The summed E-state index contributed by atoms with van der Waals surface area (Å²) in [6.07, 6.45) is 10.2. The Balaban J connectivity index is 1.24. The predicted octanol–water partition coefficient (Wildman–Crippen LogP) is 4.20. The number of piperidine rings is 1. The number of nitrogens with one attached hydrogen (secondary N) is 1. The van der Waals surface area contributed by atoms with E-state index in [9.17, 15) is 9.59 Å². The summed E-state index contributed by atoms with van der Waals surface area (Å²) in [5, 5.41) is 3.73. The number of carbonyl (C=O) groups excluding carboxylic acids is 2. The van der Waals surface area contributed by atoms with Crippen LogP contribution in [0, 0.1) is 12.8 Å². The number of aryl methyl sites for hydroxylation is 1. The van der Waals surface area contributed by atoms with Crippen molar-refractivity contribution in [1.82, 2.24) is 24.7 Å². The minimum Gasteiger partial charge on any atom is -0.352 e. The van der Waals surface area contributed by atoms with Crippen molar-refractivity contribution in [2.75, 3.05) is 13.1 Å². The standard InChI is InChI=1S/C28H43N5O2S/c1-17(2)28(35)31-12-11-26-25(16-31)29-19(4)33(26)23-14-21-7-8-22(15-23)32(21)13-10-24(30-20(5)34)27-9-6-18(3)36-27/h6,17,21-24,27H,7-16H2,1-5H3,(H,30,34)/t21?,22?,23?,24-,27?/m0/s1. The van der Waals surface area contributed by atoms with Crippen LogP contribution in [0.1, 0.15) is 89.5 Å². The maximum absolute atomic E-state index is 12.6. The molecule has 1 aromatic heterocycles. The number of carbonyl (C=O) groups is 2. The summed E-state index contributed by atoms with van der Waals surface area (Å²) in [4.78, 5) is 35.6. The SMILES string of the molecule is CC(=O)N[C@@H](CCN1C2CCC1CC(n1c(C)nc3c1CCN(C(=O)C(C)C)C3)C2)C1CC=C(C)S1. The quantitative estimate of drug-likeness (QED) is 0.592. The summed E-state index contributed by atoms with van der Waals surface area (Å²) in [5.41, 5.74) is 2.48. The van der Waals surface area contributed by atoms with Crippen LogP contribution in [-0.4, -0.2) is 67.6 Å². The van der Waals surface area contributed by atoms with Gasteiger partial charge in [-0.1, -0.05) is 19.9 Å². The predicted molar refractivity (Wildman–Crippen MR) is 145 cm³/mol. The molecule has 5 rings (SSSR count). The normalized spacial score (nSPS) is 28.8. The van der Waals surface area contributed by atoms with E-state index < -0.39 is 0 Å². The molecule has 1 aromatic rings. The Hall–Kier alpha value is -1.80. The number of thioether (sulfide) groups is 1. The van der Waals surface area contributed by atoms with Crippen LogP contribution in [0.3, 0.4) is 0 Å². The first-order chi connectivity index (χ1) is 17.2. The molecule has 4 aliphatic rings. The van der Waals surface area contributed by atoms with Gasteiger partial charge in [0.05, 0.1) is 12.2 Å². The van der Waals surface area contributed by atoms with Crippen molar-refractivity contribution >= 4 is 23.6 Å². The molecule has 2 bridgehead atoms. The zero-order chi connectivity index (χ0) is 25.6. The molecule has 8 heteroatoms. The fourth-order valence-electron chi connectivity index (χ4n) is 7.16. The number of amides is 2. The highest BCUT2D eigenvalue weighted by Crippen LogP contribution is 2.43. The average Bonchev–Trinajstić information content (AvgIpc) is 3.47. The molecule has 36 heavy (non-hydrogen) atoms. The van der Waals surface area contributed by atoms with E-state index in [0.717, 1.165) is 43.9 Å². The fourth-order valence-corrected chi connectivity index (χ4v) is 8.39. The zero-order valence-corrected chi connectivity index (χ0v) is 23.4. The van der Waals surface area contributed by atoms with Crippen molar-refractivity contribution < 1.29 is 9.59 Å². The van der Waals surface area contributed by atoms with Crippen molar-refractivity contribution in [3.8, 4) is 0 Å². The Labute approximate surface area is 220 Å². The second kappa shape index (κ2) is 10.5. The van der Waals surface area contributed by atoms with Gasteiger partial charge in [-0.3, -0.25) is 14.5 Å². The van der Waals surface area contributed by atoms with E-state index in [1.165, 1.54) is 36.3 Å². The second-order valence-corrected chi connectivity index (χ2v) is 13.1. The summed E-state index contributed by atoms with van der Waals surface area (Å²) in [6, 6.07) is 1.97. The van der Waals surface area contributed by atoms with Gasteiger partial charge in [-0.25, -0.2) is 4.98 Å². The van der Waals surface area contributed by atoms with Crippen molar-refractivity contribution in [2.24, 2.45) is 5.92 Å². The van der Waals surface area contributed by atoms with E-state index in [1.807, 2.05) is 30.5 Å². The third kappa shape index (κ3) is 5.13. The summed E-state index contributed by atoms with van der Waals surface area (Å²) >= 11 is 1.93. The molecular formula is C28H43N5O2S. The largest absolute Gasteiger partial charge is 0.352 e. The Morgan fingerprint density at radius 1 is 1.17 bits per heavy atom. The Morgan fingerprint density at radius 2 is 1.89 bits per heavy atom. The lowest BCUT2D eigenvalue weighted by molar-refractivity contribution is -0.135. The molecular weight excluding hydrogens is 470 g/mol. The Morgan fingerprint density at radius 3 is 2.50 bits per heavy atom. The molecule has 0 aromatic carbocycles. The highest BCUT2D eigenvalue weighted by molar-refractivity contribution is 8.03. The first kappa shape index (κ1) is 25.8. The van der Waals surface area contributed by atoms with Crippen LogP contribution in [0.15, 0.2) is 11.0 Å². The summed E-state index contributed by atoms with van der Waals surface area (Å²) in [7, 11) is 0. The van der Waals surface area contributed by atoms with Gasteiger partial charge in [0.15, 0.2) is 0 Å². The highest BCUT2D eigenvalue weighted by atomic mass is 32.2. The lowest BCUT2D eigenvalue weighted by atomic mass is 9.95. The highest BCUT2D eigenvalue weighted by Gasteiger charge is 2.43. The van der Waals surface area contributed by atoms with Gasteiger partial charge >= 0.3 is 0 Å². The number of fused-ring (bicyclic) bond motifs is 3. The number of hydrogen-bond donors (Lipinski definition) is 1. The minimum absolute atomic E-state index is 0.0347. The van der Waals surface area contributed by atoms with Gasteiger partial charge in [-0.15, -0.1) is 11.8 Å². The first-order valence-electron chi connectivity index (χ1n) is 13.9. The number of hydrogen-bond acceptors (Lipinski definition) is 5. The van der Waals surface area contributed by atoms with Gasteiger partial charge in [0, 0.05) is 67.5 Å². The molecule has 198 valence electrons. The van der Waals surface area contributed by atoms with Crippen LogP contribution in [0.2, 0.25) is 0 Å². The molecule has 0 saturated carbocycles. The van der Waals surface area contributed by atoms with Crippen LogP contribution in [0.25, 0.3) is 0 Å². The van der Waals surface area contributed by atoms with Crippen LogP contribution in [-0.2, 0) is 22.6 Å². The van der Waals surface area contributed by atoms with Crippen molar-refractivity contribution in [2.45, 2.75) is 116 Å². The van der Waals surface area contributed by atoms with Crippen LogP contribution >= 0.6 is 11.8 Å². The molecule has 2 amide bonds. The van der Waals surface area contributed by atoms with Gasteiger partial charge in [-0.05, 0) is 57.3 Å². The lowest BCUT2D eigenvalue weighted by Crippen LogP contribution is -2.48. The average molecular weight is 514 g/mol. The molecule has 3 unspecified atom stereocenters. The molecule has 2 saturated heterocycles. The van der Waals surface area contributed by atoms with Gasteiger partial charge in [0.25, 0.3) is 0 Å². The lowest BCUT2D eigenvalue weighted by Gasteiger charge is -2.41. The Bertz CT molecular complexity index is 1020. The maximum Gasteiger partial charge on any atom is 0.225 e. The number of aromatic nitrogens is 2. The van der Waals surface area contributed by atoms with Crippen LogP contribution in [0.5, 0.6) is 0 Å². The molecule has 7 nitrogen and oxygen atoms in total. The van der Waals surface area contributed by atoms with Crippen LogP contribution in [0.4, 0.5) is 0 Å². The minimum atomic E-state index is 0.0347. The van der Waals surface area contributed by atoms with Gasteiger partial charge < -0.3 is 14.8 Å². The molecule has 4 aliphatic heterocycles. The van der Waals surface area contributed by atoms with E-state index in [4.69, 9.17) is 4.98 Å². The first-order valence-corrected chi connectivity index (χ1v) is 14.8. The van der Waals surface area contributed by atoms with Gasteiger partial charge in [0.2, 0.25) is 11.8 Å². The van der Waals surface area contributed by atoms with Gasteiger partial charge in [0.1, 0.15) is 5.82 Å². The van der Waals surface area contributed by atoms with Gasteiger partial charge in [-0.2, -0.15) is 0 Å². The molecule has 5 heterocycles. The zero-order valence-electron chi connectivity index (χ0n) is 22.6. The summed E-state index contributed by atoms with van der Waals surface area (Å²) < 4.78 is 2.54. The van der Waals surface area contributed by atoms with Crippen molar-refractivity contribution in [1.29, 1.82) is 0 Å². The number of nitrogens with zero attached hydrogens (tertiary/aromatic N) is 4. The molecule has 0 aliphatic carbocycles. The molecule has 0 radical (unpaired) electrons. The summed E-state index contributed by atoms with van der Waals surface area (Å²) in [6.45, 7) is 12.5. The fraction of sp³-hybridized carbons (Fsp3) is 0.750. The number of allylic oxidation sites excluding steroid dienone is 2. The Kier molecular flexibility index (Phi) is 7.55. The van der Waals surface area contributed by atoms with E-state index in [-0.39, 0.29) is 23.8 Å². The topological polar surface area (TPSA) is 70.5 Å². The third-order valence-corrected chi connectivity index (χ3v) is 10.1. The molecule has 4 atom stereocenters. The second-order valence-electron chi connectivity index (χ2n) is 11.6. The molecule has 0 spiro atoms. The number of rotatable bonds is 7. The van der Waals surface area contributed by atoms with Crippen molar-refractivity contribution in [3.63, 3.8) is 0 Å². The maximum atomic E-state index is 12.6. The number of imidazole rings is 1. The monoisotopic (exact) mass is 513 g/mol. The third-order valence-electron chi connectivity index (χ3n) is 8.77. The van der Waals surface area contributed by atoms with E-state index in [2.05, 4.69) is 34.7 Å².